The lowest BCUT2D eigenvalue weighted by atomic mass is 10.1. The van der Waals surface area contributed by atoms with Gasteiger partial charge in [0.25, 0.3) is 5.91 Å². The molecule has 0 aliphatic rings. The fourth-order valence-electron chi connectivity index (χ4n) is 2.73. The molecule has 0 saturated heterocycles. The number of para-hydroxylation sites is 1. The summed E-state index contributed by atoms with van der Waals surface area (Å²) in [6.07, 6.45) is 1.58. The number of hydrogen-bond donors (Lipinski definition) is 2. The minimum atomic E-state index is -0.300. The lowest BCUT2D eigenvalue weighted by molar-refractivity contribution is 0.101. The molecule has 0 bridgehead atoms. The second kappa shape index (κ2) is 6.95. The van der Waals surface area contributed by atoms with Crippen LogP contribution in [0, 0.1) is 0 Å². The van der Waals surface area contributed by atoms with Crippen LogP contribution in [0.4, 0.5) is 5.82 Å². The van der Waals surface area contributed by atoms with Crippen LogP contribution in [0.25, 0.3) is 17.1 Å². The van der Waals surface area contributed by atoms with Crippen molar-refractivity contribution in [3.05, 3.63) is 72.2 Å². The average Bonchev–Trinajstić information content (AvgIpc) is 3.42. The Balaban J connectivity index is 1.70. The van der Waals surface area contributed by atoms with Crippen LogP contribution in [-0.2, 0) is 0 Å². The minimum Gasteiger partial charge on any atom is -0.463 e. The number of nitrogens with one attached hydrogen (secondary N) is 2. The molecule has 1 amide bonds. The number of aromatic amines is 1. The average molecular weight is 361 g/mol. The Morgan fingerprint density at radius 1 is 1.15 bits per heavy atom. The van der Waals surface area contributed by atoms with Crippen LogP contribution in [0.3, 0.4) is 0 Å². The first kappa shape index (κ1) is 16.8. The van der Waals surface area contributed by atoms with E-state index in [0.29, 0.717) is 28.9 Å². The summed E-state index contributed by atoms with van der Waals surface area (Å²) in [5.41, 5.74) is 2.71. The maximum Gasteiger partial charge on any atom is 0.275 e. The first-order chi connectivity index (χ1) is 13.1. The van der Waals surface area contributed by atoms with Gasteiger partial charge in [-0.15, -0.1) is 0 Å². The molecular formula is C20H19N5O2. The zero-order chi connectivity index (χ0) is 18.8. The van der Waals surface area contributed by atoms with Gasteiger partial charge in [0, 0.05) is 17.8 Å². The Morgan fingerprint density at radius 3 is 2.63 bits per heavy atom. The van der Waals surface area contributed by atoms with Crippen molar-refractivity contribution in [3.63, 3.8) is 0 Å². The number of furan rings is 1. The summed E-state index contributed by atoms with van der Waals surface area (Å²) >= 11 is 0. The van der Waals surface area contributed by atoms with E-state index in [1.807, 2.05) is 42.5 Å². The topological polar surface area (TPSA) is 88.7 Å². The zero-order valence-electron chi connectivity index (χ0n) is 15.0. The molecule has 0 aliphatic heterocycles. The van der Waals surface area contributed by atoms with Gasteiger partial charge < -0.3 is 9.73 Å². The second-order valence-electron chi connectivity index (χ2n) is 6.46. The lowest BCUT2D eigenvalue weighted by Gasteiger charge is -2.06. The smallest absolute Gasteiger partial charge is 0.275 e. The predicted octanol–water partition coefficient (Wildman–Crippen LogP) is 4.23. The molecule has 7 heteroatoms. The van der Waals surface area contributed by atoms with Crippen molar-refractivity contribution in [3.8, 4) is 17.1 Å². The molecule has 3 heterocycles. The number of benzene rings is 1. The van der Waals surface area contributed by atoms with Crippen LogP contribution in [0.2, 0.25) is 0 Å². The molecule has 0 radical (unpaired) electrons. The van der Waals surface area contributed by atoms with Crippen molar-refractivity contribution in [2.45, 2.75) is 19.8 Å². The van der Waals surface area contributed by atoms with Crippen LogP contribution in [0.15, 0.2) is 65.3 Å². The molecule has 4 rings (SSSR count). The Kier molecular flexibility index (Phi) is 4.33. The number of rotatable bonds is 5. The molecule has 2 N–H and O–H groups in total. The molecule has 0 aliphatic carbocycles. The number of anilines is 1. The highest BCUT2D eigenvalue weighted by Crippen LogP contribution is 2.23. The molecule has 7 nitrogen and oxygen atoms in total. The standard InChI is InChI=1S/C20H19N5O2/c1-13(2)15-12-19(23-22-15)21-20(26)17-11-16(18-9-6-10-27-18)24-25(17)14-7-4-3-5-8-14/h3-13H,1-2H3,(H2,21,22,23,26). The van der Waals surface area contributed by atoms with E-state index in [1.165, 1.54) is 0 Å². The highest BCUT2D eigenvalue weighted by molar-refractivity contribution is 6.03. The van der Waals surface area contributed by atoms with Gasteiger partial charge in [-0.05, 0) is 30.2 Å². The van der Waals surface area contributed by atoms with Gasteiger partial charge >= 0.3 is 0 Å². The van der Waals surface area contributed by atoms with E-state index in [2.05, 4.69) is 34.5 Å². The van der Waals surface area contributed by atoms with Crippen molar-refractivity contribution in [2.24, 2.45) is 0 Å². The fraction of sp³-hybridized carbons (Fsp3) is 0.150. The van der Waals surface area contributed by atoms with E-state index in [4.69, 9.17) is 4.42 Å². The molecule has 136 valence electrons. The Labute approximate surface area is 156 Å². The molecule has 3 aromatic heterocycles. The van der Waals surface area contributed by atoms with E-state index >= 15 is 0 Å². The largest absolute Gasteiger partial charge is 0.463 e. The minimum absolute atomic E-state index is 0.295. The SMILES string of the molecule is CC(C)c1cc(NC(=O)c2cc(-c3ccco3)nn2-c2ccccc2)n[nH]1. The van der Waals surface area contributed by atoms with Crippen LogP contribution in [0.1, 0.15) is 35.9 Å². The van der Waals surface area contributed by atoms with Crippen molar-refractivity contribution >= 4 is 11.7 Å². The molecule has 0 saturated carbocycles. The lowest BCUT2D eigenvalue weighted by Crippen LogP contribution is -2.17. The zero-order valence-corrected chi connectivity index (χ0v) is 15.0. The highest BCUT2D eigenvalue weighted by atomic mass is 16.3. The molecule has 0 unspecified atom stereocenters. The van der Waals surface area contributed by atoms with Gasteiger partial charge in [0.05, 0.1) is 12.0 Å². The Hall–Kier alpha value is -3.61. The number of aromatic nitrogens is 4. The third-order valence-corrected chi connectivity index (χ3v) is 4.18. The normalized spacial score (nSPS) is 11.1. The molecular weight excluding hydrogens is 342 g/mol. The summed E-state index contributed by atoms with van der Waals surface area (Å²) in [6.45, 7) is 4.11. The quantitative estimate of drug-likeness (QED) is 0.557. The number of H-pyrrole nitrogens is 1. The third-order valence-electron chi connectivity index (χ3n) is 4.18. The van der Waals surface area contributed by atoms with Gasteiger partial charge in [0.15, 0.2) is 11.6 Å². The molecule has 0 fully saturated rings. The van der Waals surface area contributed by atoms with Gasteiger partial charge in [-0.3, -0.25) is 9.89 Å². The number of carbonyl (C=O) groups excluding carboxylic acids is 1. The number of amides is 1. The maximum absolute atomic E-state index is 12.9. The predicted molar refractivity (Wildman–Crippen MR) is 102 cm³/mol. The van der Waals surface area contributed by atoms with E-state index < -0.39 is 0 Å². The van der Waals surface area contributed by atoms with Gasteiger partial charge in [-0.25, -0.2) is 4.68 Å². The van der Waals surface area contributed by atoms with Gasteiger partial charge in [0.2, 0.25) is 0 Å². The van der Waals surface area contributed by atoms with Crippen LogP contribution in [-0.4, -0.2) is 25.9 Å². The van der Waals surface area contributed by atoms with Crippen LogP contribution >= 0.6 is 0 Å². The van der Waals surface area contributed by atoms with Crippen LogP contribution < -0.4 is 5.32 Å². The summed E-state index contributed by atoms with van der Waals surface area (Å²) < 4.78 is 7.03. The van der Waals surface area contributed by atoms with Gasteiger partial charge in [-0.1, -0.05) is 32.0 Å². The number of carbonyl (C=O) groups is 1. The van der Waals surface area contributed by atoms with Crippen molar-refractivity contribution < 1.29 is 9.21 Å². The second-order valence-corrected chi connectivity index (χ2v) is 6.46. The monoisotopic (exact) mass is 361 g/mol. The molecule has 27 heavy (non-hydrogen) atoms. The summed E-state index contributed by atoms with van der Waals surface area (Å²) in [7, 11) is 0. The van der Waals surface area contributed by atoms with Crippen molar-refractivity contribution in [1.82, 2.24) is 20.0 Å². The Bertz CT molecular complexity index is 1050. The fourth-order valence-corrected chi connectivity index (χ4v) is 2.73. The van der Waals surface area contributed by atoms with Crippen molar-refractivity contribution in [1.29, 1.82) is 0 Å². The van der Waals surface area contributed by atoms with E-state index in [9.17, 15) is 4.79 Å². The summed E-state index contributed by atoms with van der Waals surface area (Å²) in [4.78, 5) is 12.9. The van der Waals surface area contributed by atoms with E-state index in [0.717, 1.165) is 11.4 Å². The molecule has 0 atom stereocenters. The van der Waals surface area contributed by atoms with Crippen LogP contribution in [0.5, 0.6) is 0 Å². The number of nitrogens with zero attached hydrogens (tertiary/aromatic N) is 3. The first-order valence-corrected chi connectivity index (χ1v) is 8.68. The van der Waals surface area contributed by atoms with E-state index in [-0.39, 0.29) is 5.91 Å². The highest BCUT2D eigenvalue weighted by Gasteiger charge is 2.19. The Morgan fingerprint density at radius 2 is 1.96 bits per heavy atom. The molecule has 4 aromatic rings. The third kappa shape index (κ3) is 3.39. The summed E-state index contributed by atoms with van der Waals surface area (Å²) in [6, 6.07) is 16.6. The van der Waals surface area contributed by atoms with E-state index in [1.54, 1.807) is 23.1 Å². The van der Waals surface area contributed by atoms with Gasteiger partial charge in [0.1, 0.15) is 11.4 Å². The summed E-state index contributed by atoms with van der Waals surface area (Å²) in [5, 5.41) is 14.5. The maximum atomic E-state index is 12.9. The van der Waals surface area contributed by atoms with Gasteiger partial charge in [-0.2, -0.15) is 10.2 Å². The first-order valence-electron chi connectivity index (χ1n) is 8.68. The number of hydrogen-bond acceptors (Lipinski definition) is 4. The molecule has 1 aromatic carbocycles. The van der Waals surface area contributed by atoms with Crippen molar-refractivity contribution in [2.75, 3.05) is 5.32 Å². The molecule has 0 spiro atoms. The summed E-state index contributed by atoms with van der Waals surface area (Å²) in [5.74, 6) is 1.07.